The highest BCUT2D eigenvalue weighted by molar-refractivity contribution is 6.30. The summed E-state index contributed by atoms with van der Waals surface area (Å²) >= 11 is 5.96. The Kier molecular flexibility index (Phi) is 4.74. The summed E-state index contributed by atoms with van der Waals surface area (Å²) in [7, 11) is 3.32. The van der Waals surface area contributed by atoms with E-state index in [0.717, 1.165) is 33.3 Å². The Morgan fingerprint density at radius 3 is 2.50 bits per heavy atom. The van der Waals surface area contributed by atoms with Crippen LogP contribution in [0.15, 0.2) is 36.4 Å². The van der Waals surface area contributed by atoms with Crippen LogP contribution >= 0.6 is 11.6 Å². The highest BCUT2D eigenvalue weighted by atomic mass is 35.5. The second-order valence-corrected chi connectivity index (χ2v) is 4.93. The van der Waals surface area contributed by atoms with Crippen molar-refractivity contribution in [1.29, 1.82) is 0 Å². The molecule has 0 spiro atoms. The summed E-state index contributed by atoms with van der Waals surface area (Å²) in [4.78, 5) is 0. The largest absolute Gasteiger partial charge is 0.497 e. The summed E-state index contributed by atoms with van der Waals surface area (Å²) in [5, 5.41) is 4.13. The fourth-order valence-electron chi connectivity index (χ4n) is 2.04. The van der Waals surface area contributed by atoms with Crippen LogP contribution in [0.4, 0.5) is 5.69 Å². The van der Waals surface area contributed by atoms with Gasteiger partial charge in [0.15, 0.2) is 0 Å². The van der Waals surface area contributed by atoms with Crippen LogP contribution in [0.5, 0.6) is 11.5 Å². The van der Waals surface area contributed by atoms with Crippen LogP contribution in [-0.4, -0.2) is 14.2 Å². The number of rotatable bonds is 5. The van der Waals surface area contributed by atoms with Gasteiger partial charge in [-0.25, -0.2) is 0 Å². The minimum Gasteiger partial charge on any atom is -0.497 e. The number of methoxy groups -OCH3 is 2. The molecule has 106 valence electrons. The summed E-state index contributed by atoms with van der Waals surface area (Å²) in [5.41, 5.74) is 3.21. The van der Waals surface area contributed by atoms with E-state index >= 15 is 0 Å². The molecule has 0 fully saturated rings. The average Bonchev–Trinajstić information content (AvgIpc) is 2.46. The van der Waals surface area contributed by atoms with Crippen molar-refractivity contribution in [3.05, 3.63) is 52.5 Å². The molecule has 0 atom stereocenters. The van der Waals surface area contributed by atoms with Crippen LogP contribution in [0.2, 0.25) is 5.02 Å². The third-order valence-corrected chi connectivity index (χ3v) is 3.38. The van der Waals surface area contributed by atoms with Crippen molar-refractivity contribution in [2.24, 2.45) is 0 Å². The molecule has 0 radical (unpaired) electrons. The molecular weight excluding hydrogens is 274 g/mol. The van der Waals surface area contributed by atoms with Crippen LogP contribution in [0.3, 0.4) is 0 Å². The van der Waals surface area contributed by atoms with Gasteiger partial charge >= 0.3 is 0 Å². The molecule has 0 saturated heterocycles. The van der Waals surface area contributed by atoms with Crippen molar-refractivity contribution >= 4 is 17.3 Å². The van der Waals surface area contributed by atoms with E-state index < -0.39 is 0 Å². The lowest BCUT2D eigenvalue weighted by atomic mass is 10.1. The van der Waals surface area contributed by atoms with E-state index in [1.807, 2.05) is 43.3 Å². The van der Waals surface area contributed by atoms with Gasteiger partial charge in [-0.1, -0.05) is 11.6 Å². The van der Waals surface area contributed by atoms with E-state index in [1.165, 1.54) is 0 Å². The number of anilines is 1. The smallest absolute Gasteiger partial charge is 0.124 e. The zero-order valence-electron chi connectivity index (χ0n) is 11.9. The molecule has 0 unspecified atom stereocenters. The van der Waals surface area contributed by atoms with E-state index in [4.69, 9.17) is 21.1 Å². The Balaban J connectivity index is 2.17. The maximum atomic E-state index is 5.96. The minimum absolute atomic E-state index is 0.656. The Hall–Kier alpha value is -1.87. The molecule has 3 nitrogen and oxygen atoms in total. The van der Waals surface area contributed by atoms with Crippen LogP contribution in [0.25, 0.3) is 0 Å². The molecule has 0 saturated carbocycles. The number of nitrogens with one attached hydrogen (secondary N) is 1. The number of aryl methyl sites for hydroxylation is 1. The predicted octanol–water partition coefficient (Wildman–Crippen LogP) is 4.28. The third-order valence-electron chi connectivity index (χ3n) is 3.15. The first-order chi connectivity index (χ1) is 9.63. The van der Waals surface area contributed by atoms with Gasteiger partial charge in [-0.2, -0.15) is 0 Å². The first kappa shape index (κ1) is 14.5. The Morgan fingerprint density at radius 1 is 1.05 bits per heavy atom. The third kappa shape index (κ3) is 3.36. The van der Waals surface area contributed by atoms with Crippen LogP contribution in [0, 0.1) is 6.92 Å². The lowest BCUT2D eigenvalue weighted by Gasteiger charge is -2.13. The van der Waals surface area contributed by atoms with E-state index in [1.54, 1.807) is 14.2 Å². The van der Waals surface area contributed by atoms with Gasteiger partial charge in [0.05, 0.1) is 14.2 Å². The monoisotopic (exact) mass is 291 g/mol. The molecule has 1 N–H and O–H groups in total. The molecule has 2 rings (SSSR count). The highest BCUT2D eigenvalue weighted by Gasteiger charge is 2.06. The first-order valence-electron chi connectivity index (χ1n) is 6.35. The van der Waals surface area contributed by atoms with Gasteiger partial charge < -0.3 is 14.8 Å². The van der Waals surface area contributed by atoms with Crippen molar-refractivity contribution in [3.63, 3.8) is 0 Å². The molecule has 0 aliphatic carbocycles. The molecule has 0 aliphatic rings. The predicted molar refractivity (Wildman–Crippen MR) is 83.1 cm³/mol. The minimum atomic E-state index is 0.656. The number of benzene rings is 2. The molecule has 0 bridgehead atoms. The number of halogens is 1. The molecule has 2 aromatic rings. The van der Waals surface area contributed by atoms with E-state index in [2.05, 4.69) is 5.32 Å². The van der Waals surface area contributed by atoms with Gasteiger partial charge in [0.2, 0.25) is 0 Å². The van der Waals surface area contributed by atoms with Gasteiger partial charge in [-0.3, -0.25) is 0 Å². The molecule has 20 heavy (non-hydrogen) atoms. The Morgan fingerprint density at radius 2 is 1.85 bits per heavy atom. The lowest BCUT2D eigenvalue weighted by Crippen LogP contribution is -2.03. The second-order valence-electron chi connectivity index (χ2n) is 4.49. The van der Waals surface area contributed by atoms with Gasteiger partial charge in [0.25, 0.3) is 0 Å². The average molecular weight is 292 g/mol. The molecule has 0 aromatic heterocycles. The SMILES string of the molecule is COc1ccc(OC)c(CNc2ccc(Cl)cc2C)c1. The maximum Gasteiger partial charge on any atom is 0.124 e. The normalized spacial score (nSPS) is 10.2. The topological polar surface area (TPSA) is 30.5 Å². The maximum absolute atomic E-state index is 5.96. The van der Waals surface area contributed by atoms with Crippen molar-refractivity contribution in [3.8, 4) is 11.5 Å². The molecule has 2 aromatic carbocycles. The van der Waals surface area contributed by atoms with Gasteiger partial charge in [0, 0.05) is 22.8 Å². The highest BCUT2D eigenvalue weighted by Crippen LogP contribution is 2.26. The van der Waals surface area contributed by atoms with Gasteiger partial charge in [-0.15, -0.1) is 0 Å². The van der Waals surface area contributed by atoms with Crippen LogP contribution in [0.1, 0.15) is 11.1 Å². The molecule has 0 heterocycles. The summed E-state index contributed by atoms with van der Waals surface area (Å²) in [6.07, 6.45) is 0. The van der Waals surface area contributed by atoms with Gasteiger partial charge in [-0.05, 0) is 48.9 Å². The first-order valence-corrected chi connectivity index (χ1v) is 6.72. The lowest BCUT2D eigenvalue weighted by molar-refractivity contribution is 0.399. The summed E-state index contributed by atoms with van der Waals surface area (Å²) < 4.78 is 10.6. The number of ether oxygens (including phenoxy) is 2. The quantitative estimate of drug-likeness (QED) is 0.892. The standard InChI is InChI=1S/C16H18ClNO2/c1-11-8-13(17)4-6-15(11)18-10-12-9-14(19-2)5-7-16(12)20-3/h4-9,18H,10H2,1-3H3. The Labute approximate surface area is 124 Å². The van der Waals surface area contributed by atoms with Crippen LogP contribution < -0.4 is 14.8 Å². The fourth-order valence-corrected chi connectivity index (χ4v) is 2.26. The van der Waals surface area contributed by atoms with Crippen molar-refractivity contribution < 1.29 is 9.47 Å². The zero-order chi connectivity index (χ0) is 14.5. The number of hydrogen-bond acceptors (Lipinski definition) is 3. The van der Waals surface area contributed by atoms with Crippen molar-refractivity contribution in [2.45, 2.75) is 13.5 Å². The Bertz CT molecular complexity index is 599. The molecule has 0 aliphatic heterocycles. The molecule has 0 amide bonds. The summed E-state index contributed by atoms with van der Waals surface area (Å²) in [6, 6.07) is 11.5. The van der Waals surface area contributed by atoms with Crippen LogP contribution in [-0.2, 0) is 6.54 Å². The summed E-state index contributed by atoms with van der Waals surface area (Å²) in [5.74, 6) is 1.65. The van der Waals surface area contributed by atoms with Crippen molar-refractivity contribution in [1.82, 2.24) is 0 Å². The zero-order valence-corrected chi connectivity index (χ0v) is 12.6. The van der Waals surface area contributed by atoms with Crippen molar-refractivity contribution in [2.75, 3.05) is 19.5 Å². The second kappa shape index (κ2) is 6.53. The van der Waals surface area contributed by atoms with Gasteiger partial charge in [0.1, 0.15) is 11.5 Å². The summed E-state index contributed by atoms with van der Waals surface area (Å²) in [6.45, 7) is 2.68. The van der Waals surface area contributed by atoms with E-state index in [9.17, 15) is 0 Å². The van der Waals surface area contributed by atoms with E-state index in [0.29, 0.717) is 6.54 Å². The van der Waals surface area contributed by atoms with E-state index in [-0.39, 0.29) is 0 Å². The molecule has 4 heteroatoms. The number of hydrogen-bond donors (Lipinski definition) is 1. The molecular formula is C16H18ClNO2. The fraction of sp³-hybridized carbons (Fsp3) is 0.250.